The van der Waals surface area contributed by atoms with E-state index < -0.39 is 11.7 Å². The predicted octanol–water partition coefficient (Wildman–Crippen LogP) is 3.10. The van der Waals surface area contributed by atoms with Gasteiger partial charge in [0.2, 0.25) is 5.95 Å². The van der Waals surface area contributed by atoms with E-state index in [1.165, 1.54) is 12.1 Å². The number of nitrogens with one attached hydrogen (secondary N) is 2. The maximum atomic E-state index is 12.7. The number of nitrogens with zero attached hydrogens (tertiary/aromatic N) is 2. The minimum atomic E-state index is -4.36. The highest BCUT2D eigenvalue weighted by molar-refractivity contribution is 5.37. The highest BCUT2D eigenvalue weighted by Gasteiger charge is 2.30. The number of halogens is 3. The highest BCUT2D eigenvalue weighted by atomic mass is 19.4. The number of anilines is 1. The molecule has 2 N–H and O–H groups in total. The molecule has 1 aromatic heterocycles. The van der Waals surface area contributed by atoms with E-state index in [9.17, 15) is 18.0 Å². The first-order valence-corrected chi connectivity index (χ1v) is 8.58. The van der Waals surface area contributed by atoms with Crippen LogP contribution in [0.4, 0.5) is 19.1 Å². The van der Waals surface area contributed by atoms with Gasteiger partial charge in [-0.15, -0.1) is 0 Å². The van der Waals surface area contributed by atoms with Crippen molar-refractivity contribution in [2.24, 2.45) is 0 Å². The van der Waals surface area contributed by atoms with Crippen LogP contribution in [-0.2, 0) is 25.7 Å². The Balaban J connectivity index is 1.88. The molecule has 2 heterocycles. The Labute approximate surface area is 149 Å². The average Bonchev–Trinajstić information content (AvgIpc) is 2.61. The van der Waals surface area contributed by atoms with Gasteiger partial charge in [0.15, 0.2) is 0 Å². The zero-order chi connectivity index (χ0) is 18.9. The van der Waals surface area contributed by atoms with E-state index in [-0.39, 0.29) is 11.6 Å². The Morgan fingerprint density at radius 2 is 2.00 bits per heavy atom. The minimum absolute atomic E-state index is 0.0770. The largest absolute Gasteiger partial charge is 0.416 e. The number of fused-ring (bicyclic) bond motifs is 1. The van der Waals surface area contributed by atoms with Gasteiger partial charge in [0, 0.05) is 26.1 Å². The van der Waals surface area contributed by atoms with Gasteiger partial charge in [0.05, 0.1) is 22.9 Å². The van der Waals surface area contributed by atoms with Crippen LogP contribution in [-0.4, -0.2) is 16.1 Å². The molecule has 0 bridgehead atoms. The number of alkyl halides is 3. The first-order chi connectivity index (χ1) is 12.3. The standard InChI is InChI=1S/C18H21F3N4O/c1-3-25-16(26)14-10-22-9-8-15(14)24-17(25)23-11(2)12-4-6-13(7-5-12)18(19,20)21/h4-7,11,22H,3,8-10H2,1-2H3,(H,23,24). The second-order valence-electron chi connectivity index (χ2n) is 6.32. The zero-order valence-electron chi connectivity index (χ0n) is 14.7. The van der Waals surface area contributed by atoms with Crippen LogP contribution in [0.25, 0.3) is 0 Å². The number of benzene rings is 1. The van der Waals surface area contributed by atoms with Crippen molar-refractivity contribution in [2.75, 3.05) is 11.9 Å². The maximum absolute atomic E-state index is 12.7. The molecule has 26 heavy (non-hydrogen) atoms. The van der Waals surface area contributed by atoms with Crippen LogP contribution in [0, 0.1) is 0 Å². The molecule has 1 aliphatic rings. The average molecular weight is 366 g/mol. The van der Waals surface area contributed by atoms with Crippen LogP contribution in [0.2, 0.25) is 0 Å². The molecular weight excluding hydrogens is 345 g/mol. The third-order valence-electron chi connectivity index (χ3n) is 4.59. The molecule has 0 radical (unpaired) electrons. The van der Waals surface area contributed by atoms with Crippen molar-refractivity contribution in [2.45, 2.75) is 45.6 Å². The lowest BCUT2D eigenvalue weighted by molar-refractivity contribution is -0.137. The van der Waals surface area contributed by atoms with Crippen LogP contribution in [0.15, 0.2) is 29.1 Å². The summed E-state index contributed by atoms with van der Waals surface area (Å²) in [6, 6.07) is 4.72. The van der Waals surface area contributed by atoms with Crippen LogP contribution in [0.1, 0.15) is 42.3 Å². The van der Waals surface area contributed by atoms with Crippen LogP contribution < -0.4 is 16.2 Å². The molecule has 2 aromatic rings. The SMILES string of the molecule is CCn1c(NC(C)c2ccc(C(F)(F)F)cc2)nc2c(c1=O)CNCC2. The van der Waals surface area contributed by atoms with Gasteiger partial charge in [-0.25, -0.2) is 4.98 Å². The number of rotatable bonds is 4. The fraction of sp³-hybridized carbons (Fsp3) is 0.444. The molecule has 0 saturated carbocycles. The van der Waals surface area contributed by atoms with Gasteiger partial charge < -0.3 is 10.6 Å². The summed E-state index contributed by atoms with van der Waals surface area (Å²) in [7, 11) is 0. The van der Waals surface area contributed by atoms with Gasteiger partial charge in [0.1, 0.15) is 0 Å². The number of hydrogen-bond acceptors (Lipinski definition) is 4. The zero-order valence-corrected chi connectivity index (χ0v) is 14.7. The third-order valence-corrected chi connectivity index (χ3v) is 4.59. The third kappa shape index (κ3) is 3.60. The van der Waals surface area contributed by atoms with E-state index in [4.69, 9.17) is 0 Å². The summed E-state index contributed by atoms with van der Waals surface area (Å²) < 4.78 is 39.7. The summed E-state index contributed by atoms with van der Waals surface area (Å²) >= 11 is 0. The fourth-order valence-corrected chi connectivity index (χ4v) is 3.08. The Hall–Kier alpha value is -2.35. The van der Waals surface area contributed by atoms with Gasteiger partial charge in [-0.1, -0.05) is 12.1 Å². The Kier molecular flexibility index (Phi) is 5.04. The molecule has 1 aliphatic heterocycles. The summed E-state index contributed by atoms with van der Waals surface area (Å²) in [6.07, 6.45) is -3.68. The quantitative estimate of drug-likeness (QED) is 0.873. The molecule has 140 valence electrons. The Morgan fingerprint density at radius 3 is 2.62 bits per heavy atom. The first kappa shape index (κ1) is 18.4. The van der Waals surface area contributed by atoms with Crippen LogP contribution in [0.3, 0.4) is 0 Å². The molecule has 0 spiro atoms. The topological polar surface area (TPSA) is 59.0 Å². The van der Waals surface area contributed by atoms with Crippen molar-refractivity contribution in [3.05, 3.63) is 57.0 Å². The van der Waals surface area contributed by atoms with Crippen LogP contribution >= 0.6 is 0 Å². The molecule has 1 aromatic carbocycles. The van der Waals surface area contributed by atoms with Crippen molar-refractivity contribution < 1.29 is 13.2 Å². The lowest BCUT2D eigenvalue weighted by atomic mass is 10.1. The van der Waals surface area contributed by atoms with E-state index in [0.29, 0.717) is 36.6 Å². The van der Waals surface area contributed by atoms with Gasteiger partial charge >= 0.3 is 6.18 Å². The van der Waals surface area contributed by atoms with Crippen molar-refractivity contribution in [3.8, 4) is 0 Å². The maximum Gasteiger partial charge on any atom is 0.416 e. The lowest BCUT2D eigenvalue weighted by Crippen LogP contribution is -2.36. The first-order valence-electron chi connectivity index (χ1n) is 8.58. The highest BCUT2D eigenvalue weighted by Crippen LogP contribution is 2.30. The van der Waals surface area contributed by atoms with E-state index in [2.05, 4.69) is 15.6 Å². The number of aromatic nitrogens is 2. The molecule has 8 heteroatoms. The van der Waals surface area contributed by atoms with Crippen molar-refractivity contribution >= 4 is 5.95 Å². The predicted molar refractivity (Wildman–Crippen MR) is 93.1 cm³/mol. The van der Waals surface area contributed by atoms with Gasteiger partial charge in [0.25, 0.3) is 5.56 Å². The van der Waals surface area contributed by atoms with E-state index in [1.807, 2.05) is 13.8 Å². The van der Waals surface area contributed by atoms with Gasteiger partial charge in [-0.2, -0.15) is 13.2 Å². The number of hydrogen-bond donors (Lipinski definition) is 2. The normalized spacial score (nSPS) is 15.4. The molecule has 1 atom stereocenters. The Morgan fingerprint density at radius 1 is 1.31 bits per heavy atom. The summed E-state index contributed by atoms with van der Waals surface area (Å²) in [5.74, 6) is 0.450. The second-order valence-corrected chi connectivity index (χ2v) is 6.32. The monoisotopic (exact) mass is 366 g/mol. The summed E-state index contributed by atoms with van der Waals surface area (Å²) in [5.41, 5.74) is 1.39. The Bertz CT molecular complexity index is 843. The molecule has 0 aliphatic carbocycles. The van der Waals surface area contributed by atoms with Gasteiger partial charge in [-0.05, 0) is 31.5 Å². The van der Waals surface area contributed by atoms with Crippen LogP contribution in [0.5, 0.6) is 0 Å². The van der Waals surface area contributed by atoms with E-state index >= 15 is 0 Å². The molecule has 0 saturated heterocycles. The molecule has 1 unspecified atom stereocenters. The van der Waals surface area contributed by atoms with Crippen molar-refractivity contribution in [1.29, 1.82) is 0 Å². The molecule has 0 fully saturated rings. The molecule has 5 nitrogen and oxygen atoms in total. The smallest absolute Gasteiger partial charge is 0.349 e. The lowest BCUT2D eigenvalue weighted by Gasteiger charge is -2.23. The summed E-state index contributed by atoms with van der Waals surface area (Å²) in [5, 5.41) is 6.35. The molecule has 3 rings (SSSR count). The van der Waals surface area contributed by atoms with Gasteiger partial charge in [-0.3, -0.25) is 9.36 Å². The molecular formula is C18H21F3N4O. The molecule has 0 amide bonds. The minimum Gasteiger partial charge on any atom is -0.349 e. The summed E-state index contributed by atoms with van der Waals surface area (Å²) in [4.78, 5) is 17.3. The summed E-state index contributed by atoms with van der Waals surface area (Å²) in [6.45, 7) is 5.43. The fourth-order valence-electron chi connectivity index (χ4n) is 3.08. The van der Waals surface area contributed by atoms with Crippen molar-refractivity contribution in [1.82, 2.24) is 14.9 Å². The second kappa shape index (κ2) is 7.11. The van der Waals surface area contributed by atoms with E-state index in [1.54, 1.807) is 4.57 Å². The van der Waals surface area contributed by atoms with Crippen molar-refractivity contribution in [3.63, 3.8) is 0 Å². The van der Waals surface area contributed by atoms with E-state index in [0.717, 1.165) is 24.4 Å².